The molecule has 3 aliphatic rings. The molecule has 0 aromatic heterocycles. The van der Waals surface area contributed by atoms with Gasteiger partial charge >= 0.3 is 0 Å². The molecule has 0 saturated carbocycles. The minimum atomic E-state index is -0.341. The topological polar surface area (TPSA) is 61.9 Å². The minimum absolute atomic E-state index is 0.0106. The lowest BCUT2D eigenvalue weighted by atomic mass is 9.83. The molecule has 0 bridgehead atoms. The second-order valence-corrected chi connectivity index (χ2v) is 8.78. The third-order valence-corrected chi connectivity index (χ3v) is 7.15. The Morgan fingerprint density at radius 2 is 1.90 bits per heavy atom. The average Bonchev–Trinajstić information content (AvgIpc) is 3.06. The summed E-state index contributed by atoms with van der Waals surface area (Å²) in [4.78, 5) is 29.9. The van der Waals surface area contributed by atoms with Gasteiger partial charge < -0.3 is 19.9 Å². The molecule has 1 aromatic rings. The summed E-state index contributed by atoms with van der Waals surface area (Å²) < 4.78 is 5.24. The second kappa shape index (κ2) is 8.74. The van der Waals surface area contributed by atoms with E-state index in [0.29, 0.717) is 12.0 Å². The number of rotatable bonds is 5. The number of amides is 2. The van der Waals surface area contributed by atoms with Crippen LogP contribution in [0.15, 0.2) is 24.3 Å². The van der Waals surface area contributed by atoms with E-state index in [1.807, 2.05) is 24.3 Å². The van der Waals surface area contributed by atoms with Crippen LogP contribution in [0, 0.1) is 11.8 Å². The Labute approximate surface area is 173 Å². The van der Waals surface area contributed by atoms with Crippen LogP contribution in [-0.2, 0) is 9.59 Å². The molecule has 0 spiro atoms. The second-order valence-electron chi connectivity index (χ2n) is 8.78. The van der Waals surface area contributed by atoms with Crippen LogP contribution in [0.4, 0.5) is 0 Å². The smallest absolute Gasteiger partial charge is 0.226 e. The van der Waals surface area contributed by atoms with Gasteiger partial charge in [-0.25, -0.2) is 0 Å². The van der Waals surface area contributed by atoms with Gasteiger partial charge in [-0.15, -0.1) is 0 Å². The van der Waals surface area contributed by atoms with Crippen LogP contribution in [0.2, 0.25) is 0 Å². The molecule has 6 heteroatoms. The van der Waals surface area contributed by atoms with Gasteiger partial charge in [0.05, 0.1) is 19.1 Å². The van der Waals surface area contributed by atoms with E-state index in [0.717, 1.165) is 17.9 Å². The van der Waals surface area contributed by atoms with Crippen molar-refractivity contribution in [3.63, 3.8) is 0 Å². The van der Waals surface area contributed by atoms with E-state index in [2.05, 4.69) is 10.2 Å². The third-order valence-electron chi connectivity index (χ3n) is 7.15. The largest absolute Gasteiger partial charge is 0.497 e. The first kappa shape index (κ1) is 20.2. The number of carbonyl (C=O) groups is 2. The lowest BCUT2D eigenvalue weighted by Gasteiger charge is -2.44. The quantitative estimate of drug-likeness (QED) is 0.827. The number of ether oxygens (including phenoxy) is 1. The molecular formula is C23H33N3O3. The lowest BCUT2D eigenvalue weighted by Crippen LogP contribution is -2.51. The highest BCUT2D eigenvalue weighted by atomic mass is 16.5. The van der Waals surface area contributed by atoms with Crippen molar-refractivity contribution in [3.05, 3.63) is 29.8 Å². The van der Waals surface area contributed by atoms with Gasteiger partial charge in [0, 0.05) is 26.1 Å². The van der Waals surface area contributed by atoms with Crippen molar-refractivity contribution in [1.29, 1.82) is 0 Å². The van der Waals surface area contributed by atoms with Crippen LogP contribution in [0.5, 0.6) is 5.75 Å². The normalized spacial score (nSPS) is 30.1. The molecule has 4 atom stereocenters. The van der Waals surface area contributed by atoms with Gasteiger partial charge in [-0.3, -0.25) is 9.59 Å². The minimum Gasteiger partial charge on any atom is -0.497 e. The summed E-state index contributed by atoms with van der Waals surface area (Å²) in [6.45, 7) is 3.14. The Morgan fingerprint density at radius 3 is 2.66 bits per heavy atom. The summed E-state index contributed by atoms with van der Waals surface area (Å²) in [5, 5.41) is 3.22. The van der Waals surface area contributed by atoms with E-state index in [1.54, 1.807) is 19.1 Å². The number of carbonyl (C=O) groups excluding carboxylic acids is 2. The van der Waals surface area contributed by atoms with E-state index in [-0.39, 0.29) is 30.2 Å². The molecule has 3 fully saturated rings. The molecule has 4 rings (SSSR count). The monoisotopic (exact) mass is 399 g/mol. The molecule has 1 N–H and O–H groups in total. The maximum absolute atomic E-state index is 13.1. The molecule has 2 amide bonds. The third kappa shape index (κ3) is 4.13. The molecule has 29 heavy (non-hydrogen) atoms. The number of methoxy groups -OCH3 is 1. The first-order chi connectivity index (χ1) is 14.1. The molecule has 0 unspecified atom stereocenters. The number of hydrogen-bond donors (Lipinski definition) is 1. The molecule has 0 aliphatic carbocycles. The average molecular weight is 400 g/mol. The highest BCUT2D eigenvalue weighted by molar-refractivity contribution is 5.90. The van der Waals surface area contributed by atoms with Gasteiger partial charge in [0.2, 0.25) is 11.8 Å². The van der Waals surface area contributed by atoms with Gasteiger partial charge in [-0.05, 0) is 62.4 Å². The van der Waals surface area contributed by atoms with Crippen molar-refractivity contribution in [1.82, 2.24) is 15.1 Å². The Hall–Kier alpha value is -2.08. The van der Waals surface area contributed by atoms with Crippen LogP contribution >= 0.6 is 0 Å². The Bertz CT molecular complexity index is 733. The zero-order valence-corrected chi connectivity index (χ0v) is 17.6. The van der Waals surface area contributed by atoms with Gasteiger partial charge in [0.1, 0.15) is 5.75 Å². The van der Waals surface area contributed by atoms with E-state index in [1.165, 1.54) is 45.2 Å². The van der Waals surface area contributed by atoms with E-state index in [4.69, 9.17) is 4.74 Å². The van der Waals surface area contributed by atoms with Crippen LogP contribution in [0.25, 0.3) is 0 Å². The van der Waals surface area contributed by atoms with Crippen molar-refractivity contribution in [2.75, 3.05) is 33.8 Å². The molecule has 3 heterocycles. The number of benzene rings is 1. The van der Waals surface area contributed by atoms with Crippen LogP contribution in [0.3, 0.4) is 0 Å². The Morgan fingerprint density at radius 1 is 1.14 bits per heavy atom. The summed E-state index contributed by atoms with van der Waals surface area (Å²) in [6, 6.07) is 8.09. The predicted molar refractivity (Wildman–Crippen MR) is 112 cm³/mol. The van der Waals surface area contributed by atoms with Gasteiger partial charge in [0.25, 0.3) is 0 Å². The van der Waals surface area contributed by atoms with Crippen LogP contribution in [-0.4, -0.2) is 61.4 Å². The first-order valence-corrected chi connectivity index (χ1v) is 11.0. The zero-order chi connectivity index (χ0) is 20.4. The van der Waals surface area contributed by atoms with Crippen molar-refractivity contribution in [2.24, 2.45) is 11.8 Å². The molecule has 0 radical (unpaired) electrons. The predicted octanol–water partition coefficient (Wildman–Crippen LogP) is 2.60. The lowest BCUT2D eigenvalue weighted by molar-refractivity contribution is -0.128. The summed E-state index contributed by atoms with van der Waals surface area (Å²) in [7, 11) is 3.43. The Balaban J connectivity index is 1.42. The Kier molecular flexibility index (Phi) is 6.09. The highest BCUT2D eigenvalue weighted by Crippen LogP contribution is 2.38. The standard InChI is InChI=1S/C23H33N3O3/c1-25-21(27)14-19(22(25)16-8-10-18(29-2)11-9-16)23(28)24-15-17-6-5-13-26-12-4-3-7-20(17)26/h8-11,17,19-20,22H,3-7,12-15H2,1-2H3,(H,24,28)/t17-,19+,20+,22+/m0/s1. The van der Waals surface area contributed by atoms with Crippen molar-refractivity contribution >= 4 is 11.8 Å². The van der Waals surface area contributed by atoms with Gasteiger partial charge in [-0.2, -0.15) is 0 Å². The maximum Gasteiger partial charge on any atom is 0.226 e. The highest BCUT2D eigenvalue weighted by Gasteiger charge is 2.43. The number of fused-ring (bicyclic) bond motifs is 1. The fourth-order valence-corrected chi connectivity index (χ4v) is 5.54. The molecule has 1 aromatic carbocycles. The van der Waals surface area contributed by atoms with Crippen molar-refractivity contribution in [2.45, 2.75) is 50.6 Å². The SMILES string of the molecule is COc1ccc([C@@H]2[C@H](C(=O)NC[C@@H]3CCCN4CCCC[C@H]34)CC(=O)N2C)cc1. The molecular weight excluding hydrogens is 366 g/mol. The summed E-state index contributed by atoms with van der Waals surface area (Å²) >= 11 is 0. The van der Waals surface area contributed by atoms with Crippen molar-refractivity contribution < 1.29 is 14.3 Å². The molecule has 6 nitrogen and oxygen atoms in total. The number of hydrogen-bond acceptors (Lipinski definition) is 4. The van der Waals surface area contributed by atoms with E-state index < -0.39 is 0 Å². The summed E-state index contributed by atoms with van der Waals surface area (Å²) in [6.07, 6.45) is 6.53. The number of likely N-dealkylation sites (tertiary alicyclic amines) is 1. The molecule has 158 valence electrons. The fourth-order valence-electron chi connectivity index (χ4n) is 5.54. The first-order valence-electron chi connectivity index (χ1n) is 11.0. The van der Waals surface area contributed by atoms with E-state index >= 15 is 0 Å². The van der Waals surface area contributed by atoms with Gasteiger partial charge in [-0.1, -0.05) is 18.6 Å². The van der Waals surface area contributed by atoms with Gasteiger partial charge in [0.15, 0.2) is 0 Å². The summed E-state index contributed by atoms with van der Waals surface area (Å²) in [5.41, 5.74) is 0.982. The number of nitrogens with zero attached hydrogens (tertiary/aromatic N) is 2. The molecule has 3 saturated heterocycles. The van der Waals surface area contributed by atoms with E-state index in [9.17, 15) is 9.59 Å². The zero-order valence-electron chi connectivity index (χ0n) is 17.6. The maximum atomic E-state index is 13.1. The van der Waals surface area contributed by atoms with Crippen molar-refractivity contribution in [3.8, 4) is 5.75 Å². The van der Waals surface area contributed by atoms with Crippen LogP contribution < -0.4 is 10.1 Å². The number of nitrogens with one attached hydrogen (secondary N) is 1. The number of piperidine rings is 2. The van der Waals surface area contributed by atoms with Crippen LogP contribution in [0.1, 0.15) is 50.1 Å². The fraction of sp³-hybridized carbons (Fsp3) is 0.652. The molecule has 3 aliphatic heterocycles. The summed E-state index contributed by atoms with van der Waals surface area (Å²) in [5.74, 6) is 1.00.